The van der Waals surface area contributed by atoms with Crippen LogP contribution in [0.2, 0.25) is 0 Å². The lowest BCUT2D eigenvalue weighted by atomic mass is 10.0. The number of H-pyrrole nitrogens is 1. The highest BCUT2D eigenvalue weighted by molar-refractivity contribution is 5.69. The molecule has 1 aromatic rings. The van der Waals surface area contributed by atoms with Gasteiger partial charge in [0.1, 0.15) is 0 Å². The van der Waals surface area contributed by atoms with Crippen molar-refractivity contribution < 1.29 is 9.90 Å². The van der Waals surface area contributed by atoms with E-state index >= 15 is 0 Å². The molecule has 1 rings (SSSR count). The number of aromatic nitrogens is 2. The monoisotopic (exact) mass is 182 g/mol. The van der Waals surface area contributed by atoms with E-state index in [1.165, 1.54) is 0 Å². The molecule has 0 saturated heterocycles. The van der Waals surface area contributed by atoms with Crippen LogP contribution in [-0.4, -0.2) is 21.0 Å². The van der Waals surface area contributed by atoms with Crippen LogP contribution in [0.4, 0.5) is 0 Å². The van der Waals surface area contributed by atoms with Crippen LogP contribution in [0.3, 0.4) is 0 Å². The topological polar surface area (TPSA) is 66.0 Å². The molecule has 0 fully saturated rings. The number of aryl methyl sites for hydroxylation is 2. The minimum absolute atomic E-state index is 0.295. The second kappa shape index (κ2) is 4.07. The minimum Gasteiger partial charge on any atom is -0.481 e. The van der Waals surface area contributed by atoms with Crippen LogP contribution < -0.4 is 0 Å². The molecule has 1 aromatic heterocycles. The fourth-order valence-corrected chi connectivity index (χ4v) is 1.12. The zero-order valence-corrected chi connectivity index (χ0v) is 7.87. The third-order valence-corrected chi connectivity index (χ3v) is 2.17. The Balaban J connectivity index is 2.44. The second-order valence-corrected chi connectivity index (χ2v) is 3.25. The number of carboxylic acids is 1. The summed E-state index contributed by atoms with van der Waals surface area (Å²) in [7, 11) is 0. The van der Waals surface area contributed by atoms with Gasteiger partial charge < -0.3 is 10.1 Å². The van der Waals surface area contributed by atoms with E-state index in [2.05, 4.69) is 9.97 Å². The van der Waals surface area contributed by atoms with Gasteiger partial charge in [0, 0.05) is 5.69 Å². The summed E-state index contributed by atoms with van der Waals surface area (Å²) in [6, 6.07) is 0. The molecule has 72 valence electrons. The van der Waals surface area contributed by atoms with E-state index in [4.69, 9.17) is 5.11 Å². The van der Waals surface area contributed by atoms with E-state index in [0.29, 0.717) is 6.42 Å². The Hall–Kier alpha value is -1.32. The van der Waals surface area contributed by atoms with Crippen molar-refractivity contribution in [2.24, 2.45) is 5.92 Å². The molecule has 1 atom stereocenters. The van der Waals surface area contributed by atoms with E-state index in [1.54, 1.807) is 13.3 Å². The average molecular weight is 182 g/mol. The van der Waals surface area contributed by atoms with Gasteiger partial charge in [0.15, 0.2) is 0 Å². The van der Waals surface area contributed by atoms with Gasteiger partial charge in [0.25, 0.3) is 0 Å². The summed E-state index contributed by atoms with van der Waals surface area (Å²) in [5, 5.41) is 8.65. The zero-order valence-electron chi connectivity index (χ0n) is 7.87. The van der Waals surface area contributed by atoms with E-state index < -0.39 is 5.97 Å². The van der Waals surface area contributed by atoms with Crippen molar-refractivity contribution in [2.45, 2.75) is 26.7 Å². The predicted octanol–water partition coefficient (Wildman–Crippen LogP) is 1.37. The van der Waals surface area contributed by atoms with Crippen LogP contribution in [0.5, 0.6) is 0 Å². The van der Waals surface area contributed by atoms with Gasteiger partial charge in [-0.15, -0.1) is 0 Å². The van der Waals surface area contributed by atoms with Crippen molar-refractivity contribution in [2.75, 3.05) is 0 Å². The number of rotatable bonds is 4. The number of hydrogen-bond donors (Lipinski definition) is 2. The number of nitrogens with zero attached hydrogens (tertiary/aromatic N) is 1. The van der Waals surface area contributed by atoms with Crippen LogP contribution in [0.25, 0.3) is 0 Å². The van der Waals surface area contributed by atoms with Crippen LogP contribution in [-0.2, 0) is 11.2 Å². The predicted molar refractivity (Wildman–Crippen MR) is 48.4 cm³/mol. The fourth-order valence-electron chi connectivity index (χ4n) is 1.12. The molecule has 0 aliphatic heterocycles. The maximum atomic E-state index is 10.5. The van der Waals surface area contributed by atoms with Gasteiger partial charge in [0.05, 0.1) is 17.9 Å². The molecule has 0 spiro atoms. The SMILES string of the molecule is Cc1[nH]cnc1CCC(C)C(=O)O. The lowest BCUT2D eigenvalue weighted by Gasteiger charge is -2.03. The molecule has 0 aliphatic carbocycles. The maximum Gasteiger partial charge on any atom is 0.306 e. The highest BCUT2D eigenvalue weighted by atomic mass is 16.4. The Morgan fingerprint density at radius 2 is 2.46 bits per heavy atom. The molecule has 4 nitrogen and oxygen atoms in total. The first kappa shape index (κ1) is 9.77. The minimum atomic E-state index is -0.742. The summed E-state index contributed by atoms with van der Waals surface area (Å²) in [5.74, 6) is -1.04. The smallest absolute Gasteiger partial charge is 0.306 e. The summed E-state index contributed by atoms with van der Waals surface area (Å²) >= 11 is 0. The molecule has 0 saturated carbocycles. The molecule has 1 heterocycles. The lowest BCUT2D eigenvalue weighted by molar-refractivity contribution is -0.141. The number of carboxylic acid groups (broad SMARTS) is 1. The molecule has 1 unspecified atom stereocenters. The summed E-state index contributed by atoms with van der Waals surface area (Å²) in [6.07, 6.45) is 3.00. The Labute approximate surface area is 77.0 Å². The third-order valence-electron chi connectivity index (χ3n) is 2.17. The molecule has 0 aliphatic rings. The number of aromatic amines is 1. The van der Waals surface area contributed by atoms with E-state index in [1.807, 2.05) is 6.92 Å². The summed E-state index contributed by atoms with van der Waals surface area (Å²) < 4.78 is 0. The summed E-state index contributed by atoms with van der Waals surface area (Å²) in [5.41, 5.74) is 1.99. The van der Waals surface area contributed by atoms with Crippen molar-refractivity contribution in [3.8, 4) is 0 Å². The van der Waals surface area contributed by atoms with Crippen LogP contribution in [0, 0.1) is 12.8 Å². The molecule has 0 aromatic carbocycles. The number of hydrogen-bond acceptors (Lipinski definition) is 2. The Morgan fingerprint density at radius 1 is 1.77 bits per heavy atom. The first-order valence-electron chi connectivity index (χ1n) is 4.33. The number of imidazole rings is 1. The first-order chi connectivity index (χ1) is 6.11. The molecular weight excluding hydrogens is 168 g/mol. The number of nitrogens with one attached hydrogen (secondary N) is 1. The van der Waals surface area contributed by atoms with Gasteiger partial charge >= 0.3 is 5.97 Å². The standard InChI is InChI=1S/C9H14N2O2/c1-6(9(12)13)3-4-8-7(2)10-5-11-8/h5-6H,3-4H2,1-2H3,(H,10,11)(H,12,13). The second-order valence-electron chi connectivity index (χ2n) is 3.25. The quantitative estimate of drug-likeness (QED) is 0.739. The van der Waals surface area contributed by atoms with Crippen LogP contribution in [0.15, 0.2) is 6.33 Å². The largest absolute Gasteiger partial charge is 0.481 e. The van der Waals surface area contributed by atoms with Crippen LogP contribution >= 0.6 is 0 Å². The molecule has 0 bridgehead atoms. The van der Waals surface area contributed by atoms with Gasteiger partial charge in [-0.25, -0.2) is 4.98 Å². The van der Waals surface area contributed by atoms with E-state index in [9.17, 15) is 4.79 Å². The number of carbonyl (C=O) groups is 1. The van der Waals surface area contributed by atoms with Crippen molar-refractivity contribution in [1.29, 1.82) is 0 Å². The van der Waals surface area contributed by atoms with Gasteiger partial charge in [-0.05, 0) is 19.8 Å². The number of aliphatic carboxylic acids is 1. The van der Waals surface area contributed by atoms with Crippen molar-refractivity contribution in [3.63, 3.8) is 0 Å². The maximum absolute atomic E-state index is 10.5. The van der Waals surface area contributed by atoms with Crippen molar-refractivity contribution in [3.05, 3.63) is 17.7 Å². The van der Waals surface area contributed by atoms with Gasteiger partial charge in [-0.3, -0.25) is 4.79 Å². The van der Waals surface area contributed by atoms with E-state index in [-0.39, 0.29) is 5.92 Å². The first-order valence-corrected chi connectivity index (χ1v) is 4.33. The highest BCUT2D eigenvalue weighted by Crippen LogP contribution is 2.09. The van der Waals surface area contributed by atoms with Gasteiger partial charge in [-0.2, -0.15) is 0 Å². The molecule has 13 heavy (non-hydrogen) atoms. The molecule has 0 radical (unpaired) electrons. The summed E-state index contributed by atoms with van der Waals surface area (Å²) in [4.78, 5) is 17.6. The van der Waals surface area contributed by atoms with Gasteiger partial charge in [-0.1, -0.05) is 6.92 Å². The average Bonchev–Trinajstić information content (AvgIpc) is 2.47. The lowest BCUT2D eigenvalue weighted by Crippen LogP contribution is -2.10. The normalized spacial score (nSPS) is 12.8. The molecule has 4 heteroatoms. The molecular formula is C9H14N2O2. The molecule has 2 N–H and O–H groups in total. The fraction of sp³-hybridized carbons (Fsp3) is 0.556. The van der Waals surface area contributed by atoms with Crippen molar-refractivity contribution >= 4 is 5.97 Å². The third kappa shape index (κ3) is 2.57. The Kier molecular flexibility index (Phi) is 3.06. The Bertz CT molecular complexity index is 294. The van der Waals surface area contributed by atoms with Gasteiger partial charge in [0.2, 0.25) is 0 Å². The summed E-state index contributed by atoms with van der Waals surface area (Å²) in [6.45, 7) is 3.65. The van der Waals surface area contributed by atoms with E-state index in [0.717, 1.165) is 17.8 Å². The van der Waals surface area contributed by atoms with Crippen LogP contribution in [0.1, 0.15) is 24.7 Å². The zero-order chi connectivity index (χ0) is 9.84. The van der Waals surface area contributed by atoms with Crippen molar-refractivity contribution in [1.82, 2.24) is 9.97 Å². The highest BCUT2D eigenvalue weighted by Gasteiger charge is 2.11. The Morgan fingerprint density at radius 3 is 2.92 bits per heavy atom. The molecule has 0 amide bonds.